The fraction of sp³-hybridized carbons (Fsp3) is 0.154. The first-order valence-electron chi connectivity index (χ1n) is 15.3. The maximum absolute atomic E-state index is 10.6. The van der Waals surface area contributed by atoms with Crippen LogP contribution in [0.4, 0.5) is 0 Å². The Hall–Kier alpha value is -5.11. The third-order valence-electron chi connectivity index (χ3n) is 8.64. The van der Waals surface area contributed by atoms with E-state index in [0.717, 1.165) is 55.2 Å². The molecule has 0 aliphatic rings. The van der Waals surface area contributed by atoms with E-state index in [4.69, 9.17) is 24.0 Å². The predicted octanol–water partition coefficient (Wildman–Crippen LogP) is 8.25. The first-order chi connectivity index (χ1) is 22.2. The van der Waals surface area contributed by atoms with Crippen LogP contribution in [0.5, 0.6) is 0 Å². The van der Waals surface area contributed by atoms with Crippen molar-refractivity contribution in [2.45, 2.75) is 38.9 Å². The largest absolute Gasteiger partial charge is 0.456 e. The molecule has 7 aromatic rings. The molecule has 0 aliphatic carbocycles. The maximum atomic E-state index is 10.6. The van der Waals surface area contributed by atoms with E-state index in [1.807, 2.05) is 98.8 Å². The Morgan fingerprint density at radius 2 is 1.15 bits per heavy atom. The summed E-state index contributed by atoms with van der Waals surface area (Å²) >= 11 is 0. The minimum atomic E-state index is -1.03. The van der Waals surface area contributed by atoms with Gasteiger partial charge in [-0.3, -0.25) is 0 Å². The van der Waals surface area contributed by atoms with E-state index in [-0.39, 0.29) is 0 Å². The molecule has 6 nitrogen and oxygen atoms in total. The smallest absolute Gasteiger partial charge is 0.330 e. The second kappa shape index (κ2) is 11.7. The number of benzene rings is 5. The SMILES string of the molecule is CC(C)(O)C(C)(C)O[B]c1ccc2oc3cccc(-c4nc(-c5ccccc5)nc(-c5ccc(-c6ccccc6)cc5)n4)c3c2c1. The molecule has 7 rings (SSSR count). The first-order valence-corrected chi connectivity index (χ1v) is 15.3. The molecule has 225 valence electrons. The van der Waals surface area contributed by atoms with Gasteiger partial charge in [0, 0.05) is 27.5 Å². The zero-order valence-corrected chi connectivity index (χ0v) is 26.2. The normalized spacial score (nSPS) is 12.1. The first kappa shape index (κ1) is 29.6. The maximum Gasteiger partial charge on any atom is 0.330 e. The van der Waals surface area contributed by atoms with Crippen molar-refractivity contribution in [1.82, 2.24) is 15.0 Å². The van der Waals surface area contributed by atoms with Crippen molar-refractivity contribution >= 4 is 34.9 Å². The third kappa shape index (κ3) is 5.71. The van der Waals surface area contributed by atoms with Crippen molar-refractivity contribution in [3.8, 4) is 45.3 Å². The third-order valence-corrected chi connectivity index (χ3v) is 8.64. The molecule has 0 unspecified atom stereocenters. The summed E-state index contributed by atoms with van der Waals surface area (Å²) in [4.78, 5) is 15.0. The number of rotatable bonds is 8. The van der Waals surface area contributed by atoms with Gasteiger partial charge in [-0.05, 0) is 51.0 Å². The van der Waals surface area contributed by atoms with Gasteiger partial charge in [-0.1, -0.05) is 115 Å². The molecule has 1 N–H and O–H groups in total. The molecule has 0 spiro atoms. The Morgan fingerprint density at radius 3 is 1.80 bits per heavy atom. The van der Waals surface area contributed by atoms with Crippen molar-refractivity contribution in [3.63, 3.8) is 0 Å². The van der Waals surface area contributed by atoms with Gasteiger partial charge in [0.25, 0.3) is 0 Å². The summed E-state index contributed by atoms with van der Waals surface area (Å²) in [6, 6.07) is 40.4. The Morgan fingerprint density at radius 1 is 0.587 bits per heavy atom. The van der Waals surface area contributed by atoms with Gasteiger partial charge in [-0.2, -0.15) is 0 Å². The van der Waals surface area contributed by atoms with Crippen molar-refractivity contribution in [3.05, 3.63) is 121 Å². The fourth-order valence-electron chi connectivity index (χ4n) is 5.25. The number of furan rings is 1. The molecule has 5 aromatic carbocycles. The molecular formula is C39H33BN3O3. The van der Waals surface area contributed by atoms with E-state index < -0.39 is 11.2 Å². The molecule has 0 saturated carbocycles. The lowest BCUT2D eigenvalue weighted by molar-refractivity contribution is -0.0893. The highest BCUT2D eigenvalue weighted by atomic mass is 16.5. The molecule has 0 atom stereocenters. The van der Waals surface area contributed by atoms with Gasteiger partial charge >= 0.3 is 7.48 Å². The number of nitrogens with zero attached hydrogens (tertiary/aromatic N) is 3. The quantitative estimate of drug-likeness (QED) is 0.177. The average Bonchev–Trinajstić information content (AvgIpc) is 3.46. The van der Waals surface area contributed by atoms with Gasteiger partial charge in [0.1, 0.15) is 11.2 Å². The molecule has 1 radical (unpaired) electrons. The monoisotopic (exact) mass is 602 g/mol. The van der Waals surface area contributed by atoms with Crippen LogP contribution in [0.2, 0.25) is 0 Å². The van der Waals surface area contributed by atoms with Crippen LogP contribution in [0.3, 0.4) is 0 Å². The summed E-state index contributed by atoms with van der Waals surface area (Å²) in [6.45, 7) is 7.21. The van der Waals surface area contributed by atoms with E-state index in [9.17, 15) is 5.11 Å². The standard InChI is InChI=1S/C39H33BN3O3/c1-38(2,44)39(3,4)46-40-29-22-23-32-31(24-29)34-30(16-11-17-33(34)45-32)37-42-35(27-14-9-6-10-15-27)41-36(43-37)28-20-18-26(19-21-28)25-12-7-5-8-13-25/h5-24,44H,1-4H3. The number of aromatic nitrogens is 3. The number of aliphatic hydroxyl groups is 1. The number of hydrogen-bond donors (Lipinski definition) is 1. The lowest BCUT2D eigenvalue weighted by atomic mass is 9.82. The average molecular weight is 603 g/mol. The highest BCUT2D eigenvalue weighted by Gasteiger charge is 2.35. The van der Waals surface area contributed by atoms with Gasteiger partial charge < -0.3 is 14.2 Å². The van der Waals surface area contributed by atoms with E-state index in [1.165, 1.54) is 0 Å². The van der Waals surface area contributed by atoms with E-state index in [1.54, 1.807) is 21.3 Å². The van der Waals surface area contributed by atoms with Gasteiger partial charge in [0.2, 0.25) is 0 Å². The minimum absolute atomic E-state index is 0.554. The van der Waals surface area contributed by atoms with Crippen molar-refractivity contribution in [2.75, 3.05) is 0 Å². The van der Waals surface area contributed by atoms with Gasteiger partial charge in [-0.15, -0.1) is 0 Å². The minimum Gasteiger partial charge on any atom is -0.456 e. The van der Waals surface area contributed by atoms with Crippen LogP contribution in [-0.4, -0.2) is 38.7 Å². The molecule has 0 fully saturated rings. The van der Waals surface area contributed by atoms with Gasteiger partial charge in [0.05, 0.1) is 11.2 Å². The van der Waals surface area contributed by atoms with Crippen LogP contribution in [-0.2, 0) is 4.65 Å². The van der Waals surface area contributed by atoms with Crippen LogP contribution in [0, 0.1) is 0 Å². The molecule has 0 bridgehead atoms. The molecule has 0 amide bonds. The van der Waals surface area contributed by atoms with Crippen molar-refractivity contribution in [1.29, 1.82) is 0 Å². The lowest BCUT2D eigenvalue weighted by Gasteiger charge is -2.37. The number of fused-ring (bicyclic) bond motifs is 3. The molecule has 0 aliphatic heterocycles. The van der Waals surface area contributed by atoms with Crippen molar-refractivity contribution < 1.29 is 14.2 Å². The topological polar surface area (TPSA) is 81.3 Å². The second-order valence-electron chi connectivity index (χ2n) is 12.5. The summed E-state index contributed by atoms with van der Waals surface area (Å²) in [5.74, 6) is 1.73. The summed E-state index contributed by atoms with van der Waals surface area (Å²) in [7, 11) is 1.69. The summed E-state index contributed by atoms with van der Waals surface area (Å²) < 4.78 is 12.3. The molecule has 0 saturated heterocycles. The van der Waals surface area contributed by atoms with E-state index >= 15 is 0 Å². The summed E-state index contributed by atoms with van der Waals surface area (Å²) in [5.41, 5.74) is 5.42. The molecule has 2 aromatic heterocycles. The summed E-state index contributed by atoms with van der Waals surface area (Å²) in [5, 5.41) is 12.4. The van der Waals surface area contributed by atoms with Crippen LogP contribution < -0.4 is 5.46 Å². The van der Waals surface area contributed by atoms with Crippen LogP contribution >= 0.6 is 0 Å². The highest BCUT2D eigenvalue weighted by Crippen LogP contribution is 2.36. The molecule has 2 heterocycles. The van der Waals surface area contributed by atoms with E-state index in [2.05, 4.69) is 36.4 Å². The second-order valence-corrected chi connectivity index (χ2v) is 12.5. The highest BCUT2D eigenvalue weighted by molar-refractivity contribution is 6.47. The molecule has 46 heavy (non-hydrogen) atoms. The van der Waals surface area contributed by atoms with Crippen LogP contribution in [0.25, 0.3) is 67.2 Å². The van der Waals surface area contributed by atoms with Crippen LogP contribution in [0.15, 0.2) is 126 Å². The van der Waals surface area contributed by atoms with Crippen LogP contribution in [0.1, 0.15) is 27.7 Å². The Kier molecular flexibility index (Phi) is 7.51. The molecular weight excluding hydrogens is 569 g/mol. The zero-order valence-electron chi connectivity index (χ0n) is 26.2. The number of hydrogen-bond acceptors (Lipinski definition) is 6. The lowest BCUT2D eigenvalue weighted by Crippen LogP contribution is -2.49. The van der Waals surface area contributed by atoms with Gasteiger partial charge in [-0.25, -0.2) is 15.0 Å². The molecule has 7 heteroatoms. The Labute approximate surface area is 269 Å². The van der Waals surface area contributed by atoms with E-state index in [0.29, 0.717) is 17.5 Å². The van der Waals surface area contributed by atoms with Gasteiger partial charge in [0.15, 0.2) is 17.5 Å². The van der Waals surface area contributed by atoms with Crippen molar-refractivity contribution in [2.24, 2.45) is 0 Å². The Bertz CT molecular complexity index is 2150. The fourth-order valence-corrected chi connectivity index (χ4v) is 5.25. The summed E-state index contributed by atoms with van der Waals surface area (Å²) in [6.07, 6.45) is 0. The predicted molar refractivity (Wildman–Crippen MR) is 186 cm³/mol. The Balaban J connectivity index is 1.35. The zero-order chi connectivity index (χ0) is 31.9.